The third kappa shape index (κ3) is 1.52. The molecule has 0 spiro atoms. The lowest BCUT2D eigenvalue weighted by atomic mass is 10.1. The molecule has 1 heterocycles. The Labute approximate surface area is 91.2 Å². The van der Waals surface area contributed by atoms with E-state index in [0.29, 0.717) is 0 Å². The first-order chi connectivity index (χ1) is 7.36. The number of benzene rings is 1. The van der Waals surface area contributed by atoms with Crippen LogP contribution in [0.1, 0.15) is 30.5 Å². The van der Waals surface area contributed by atoms with Gasteiger partial charge in [-0.3, -0.25) is 4.98 Å². The predicted molar refractivity (Wildman–Crippen MR) is 65.2 cm³/mol. The molecule has 0 unspecified atom stereocenters. The Morgan fingerprint density at radius 3 is 2.40 bits per heavy atom. The standard InChI is InChI=1S/C12H11N.C2H6/c1-8-2-3-9-4-5-10-6-7-13-12(8)11(9)10;1-2/h2-3,6-7H,4-5H2,1H3;1-2H3. The van der Waals surface area contributed by atoms with E-state index in [2.05, 4.69) is 30.1 Å². The molecule has 1 aliphatic rings. The lowest BCUT2D eigenvalue weighted by Crippen LogP contribution is -1.85. The van der Waals surface area contributed by atoms with Crippen LogP contribution in [-0.4, -0.2) is 4.98 Å². The normalized spacial score (nSPS) is 12.5. The van der Waals surface area contributed by atoms with Crippen LogP contribution in [0, 0.1) is 6.92 Å². The highest BCUT2D eigenvalue weighted by Gasteiger charge is 2.14. The van der Waals surface area contributed by atoms with Crippen LogP contribution in [0.25, 0.3) is 10.9 Å². The minimum Gasteiger partial charge on any atom is -0.256 e. The smallest absolute Gasteiger partial charge is 0.0736 e. The summed E-state index contributed by atoms with van der Waals surface area (Å²) < 4.78 is 0. The van der Waals surface area contributed by atoms with E-state index in [1.807, 2.05) is 20.0 Å². The van der Waals surface area contributed by atoms with Crippen LogP contribution in [0.5, 0.6) is 0 Å². The molecule has 15 heavy (non-hydrogen) atoms. The lowest BCUT2D eigenvalue weighted by Gasteiger charge is -2.02. The Hall–Kier alpha value is -1.37. The van der Waals surface area contributed by atoms with Crippen molar-refractivity contribution in [1.82, 2.24) is 4.98 Å². The van der Waals surface area contributed by atoms with Gasteiger partial charge in [-0.1, -0.05) is 26.0 Å². The highest BCUT2D eigenvalue weighted by Crippen LogP contribution is 2.30. The topological polar surface area (TPSA) is 12.9 Å². The van der Waals surface area contributed by atoms with Gasteiger partial charge in [-0.15, -0.1) is 0 Å². The van der Waals surface area contributed by atoms with Gasteiger partial charge in [-0.25, -0.2) is 0 Å². The van der Waals surface area contributed by atoms with Gasteiger partial charge in [0.2, 0.25) is 0 Å². The maximum atomic E-state index is 4.44. The van der Waals surface area contributed by atoms with Crippen molar-refractivity contribution in [3.8, 4) is 0 Å². The molecule has 78 valence electrons. The van der Waals surface area contributed by atoms with E-state index in [-0.39, 0.29) is 0 Å². The summed E-state index contributed by atoms with van der Waals surface area (Å²) in [6.07, 6.45) is 4.31. The molecule has 0 aliphatic heterocycles. The molecule has 0 N–H and O–H groups in total. The highest BCUT2D eigenvalue weighted by molar-refractivity contribution is 5.89. The van der Waals surface area contributed by atoms with E-state index in [4.69, 9.17) is 0 Å². The quantitative estimate of drug-likeness (QED) is 0.631. The van der Waals surface area contributed by atoms with Gasteiger partial charge in [0, 0.05) is 11.6 Å². The summed E-state index contributed by atoms with van der Waals surface area (Å²) in [7, 11) is 0. The van der Waals surface area contributed by atoms with Crippen molar-refractivity contribution in [1.29, 1.82) is 0 Å². The molecule has 0 saturated heterocycles. The van der Waals surface area contributed by atoms with Gasteiger partial charge < -0.3 is 0 Å². The van der Waals surface area contributed by atoms with Gasteiger partial charge >= 0.3 is 0 Å². The van der Waals surface area contributed by atoms with Crippen LogP contribution in [0.4, 0.5) is 0 Å². The van der Waals surface area contributed by atoms with E-state index in [1.54, 1.807) is 0 Å². The maximum absolute atomic E-state index is 4.44. The van der Waals surface area contributed by atoms with Crippen molar-refractivity contribution >= 4 is 10.9 Å². The van der Waals surface area contributed by atoms with Crippen molar-refractivity contribution in [3.05, 3.63) is 41.1 Å². The van der Waals surface area contributed by atoms with Crippen LogP contribution in [0.15, 0.2) is 24.4 Å². The zero-order valence-electron chi connectivity index (χ0n) is 9.67. The molecule has 0 fully saturated rings. The number of nitrogens with zero attached hydrogens (tertiary/aromatic N) is 1. The third-order valence-electron chi connectivity index (χ3n) is 2.93. The first-order valence-electron chi connectivity index (χ1n) is 5.72. The first kappa shape index (κ1) is 10.2. The van der Waals surface area contributed by atoms with Gasteiger partial charge in [0.15, 0.2) is 0 Å². The summed E-state index contributed by atoms with van der Waals surface area (Å²) in [5, 5.41) is 1.42. The van der Waals surface area contributed by atoms with Gasteiger partial charge in [0.05, 0.1) is 5.52 Å². The fourth-order valence-electron chi connectivity index (χ4n) is 2.23. The molecular formula is C14H17N. The van der Waals surface area contributed by atoms with E-state index in [9.17, 15) is 0 Å². The molecule has 0 radical (unpaired) electrons. The minimum absolute atomic E-state index is 1.19. The number of pyridine rings is 1. The number of hydrogen-bond donors (Lipinski definition) is 0. The monoisotopic (exact) mass is 199 g/mol. The number of rotatable bonds is 0. The average Bonchev–Trinajstić information content (AvgIpc) is 2.71. The van der Waals surface area contributed by atoms with E-state index in [1.165, 1.54) is 40.4 Å². The Kier molecular flexibility index (Phi) is 2.72. The Morgan fingerprint density at radius 1 is 1.00 bits per heavy atom. The van der Waals surface area contributed by atoms with Crippen LogP contribution in [0.2, 0.25) is 0 Å². The summed E-state index contributed by atoms with van der Waals surface area (Å²) in [5.74, 6) is 0. The molecule has 2 aromatic rings. The molecule has 0 saturated carbocycles. The zero-order valence-corrected chi connectivity index (χ0v) is 9.67. The van der Waals surface area contributed by atoms with Crippen molar-refractivity contribution in [3.63, 3.8) is 0 Å². The molecule has 3 rings (SSSR count). The molecule has 1 nitrogen and oxygen atoms in total. The molecule has 1 heteroatoms. The first-order valence-corrected chi connectivity index (χ1v) is 5.72. The van der Waals surface area contributed by atoms with E-state index >= 15 is 0 Å². The number of aromatic nitrogens is 1. The molecule has 0 bridgehead atoms. The summed E-state index contributed by atoms with van der Waals surface area (Å²) in [6, 6.07) is 6.58. The van der Waals surface area contributed by atoms with Crippen molar-refractivity contribution in [2.24, 2.45) is 0 Å². The number of aryl methyl sites for hydroxylation is 3. The SMILES string of the molecule is CC.Cc1ccc2c3c(ccnc13)CC2. The average molecular weight is 199 g/mol. The Morgan fingerprint density at radius 2 is 1.67 bits per heavy atom. The van der Waals surface area contributed by atoms with Crippen LogP contribution >= 0.6 is 0 Å². The summed E-state index contributed by atoms with van der Waals surface area (Å²) in [6.45, 7) is 6.13. The second-order valence-electron chi connectivity index (χ2n) is 3.74. The Bertz CT molecular complexity index is 476. The van der Waals surface area contributed by atoms with Crippen molar-refractivity contribution < 1.29 is 0 Å². The Balaban J connectivity index is 0.000000404. The molecule has 1 aromatic heterocycles. The summed E-state index contributed by atoms with van der Waals surface area (Å²) >= 11 is 0. The molecule has 1 aliphatic carbocycles. The molecule has 0 amide bonds. The molecule has 1 aromatic carbocycles. The van der Waals surface area contributed by atoms with Crippen LogP contribution in [0.3, 0.4) is 0 Å². The second kappa shape index (κ2) is 4.01. The zero-order chi connectivity index (χ0) is 10.8. The second-order valence-corrected chi connectivity index (χ2v) is 3.74. The van der Waals surface area contributed by atoms with E-state index < -0.39 is 0 Å². The third-order valence-corrected chi connectivity index (χ3v) is 2.93. The van der Waals surface area contributed by atoms with Crippen LogP contribution in [-0.2, 0) is 12.8 Å². The van der Waals surface area contributed by atoms with Crippen LogP contribution < -0.4 is 0 Å². The molecular weight excluding hydrogens is 182 g/mol. The molecule has 0 atom stereocenters. The summed E-state index contributed by atoms with van der Waals surface area (Å²) in [4.78, 5) is 4.44. The minimum atomic E-state index is 1.19. The van der Waals surface area contributed by atoms with Gasteiger partial charge in [0.1, 0.15) is 0 Å². The fraction of sp³-hybridized carbons (Fsp3) is 0.357. The lowest BCUT2D eigenvalue weighted by molar-refractivity contribution is 1.02. The van der Waals surface area contributed by atoms with Crippen molar-refractivity contribution in [2.45, 2.75) is 33.6 Å². The maximum Gasteiger partial charge on any atom is 0.0736 e. The van der Waals surface area contributed by atoms with Crippen molar-refractivity contribution in [2.75, 3.05) is 0 Å². The van der Waals surface area contributed by atoms with Gasteiger partial charge in [-0.2, -0.15) is 0 Å². The predicted octanol–water partition coefficient (Wildman–Crippen LogP) is 3.67. The van der Waals surface area contributed by atoms with E-state index in [0.717, 1.165) is 0 Å². The van der Waals surface area contributed by atoms with Gasteiger partial charge in [-0.05, 0) is 42.5 Å². The largest absolute Gasteiger partial charge is 0.256 e. The van der Waals surface area contributed by atoms with Gasteiger partial charge in [0.25, 0.3) is 0 Å². The number of hydrogen-bond acceptors (Lipinski definition) is 1. The highest BCUT2D eigenvalue weighted by atomic mass is 14.7. The summed E-state index contributed by atoms with van der Waals surface area (Å²) in [5.41, 5.74) is 5.45. The fourth-order valence-corrected chi connectivity index (χ4v) is 2.23.